The molecule has 288 valence electrons. The molecule has 0 unspecified atom stereocenters. The van der Waals surface area contributed by atoms with E-state index in [0.29, 0.717) is 38.1 Å². The monoisotopic (exact) mass is 715 g/mol. The molecule has 11 atom stereocenters. The molecule has 12 nitrogen and oxygen atoms in total. The summed E-state index contributed by atoms with van der Waals surface area (Å²) in [7, 11) is 0. The Morgan fingerprint density at radius 1 is 1.12 bits per heavy atom. The zero-order chi connectivity index (χ0) is 37.2. The molecule has 2 heterocycles. The van der Waals surface area contributed by atoms with Crippen LogP contribution in [0.25, 0.3) is 0 Å². The van der Waals surface area contributed by atoms with Crippen molar-refractivity contribution in [1.82, 2.24) is 20.2 Å². The fourth-order valence-electron chi connectivity index (χ4n) is 12.2. The lowest BCUT2D eigenvalue weighted by atomic mass is 9.34. The molecule has 3 saturated carbocycles. The lowest BCUT2D eigenvalue weighted by molar-refractivity contribution is -0.260. The van der Waals surface area contributed by atoms with Gasteiger partial charge in [-0.25, -0.2) is 0 Å². The van der Waals surface area contributed by atoms with E-state index in [1.54, 1.807) is 4.80 Å². The molecule has 4 aliphatic carbocycles. The number of aromatic nitrogens is 4. The molecular formula is C39H65N5O7. The van der Waals surface area contributed by atoms with E-state index in [1.165, 1.54) is 5.57 Å². The zero-order valence-electron chi connectivity index (χ0n) is 32.4. The first-order chi connectivity index (χ1) is 24.0. The highest BCUT2D eigenvalue weighted by atomic mass is 16.5. The molecule has 0 aromatic carbocycles. The maximum absolute atomic E-state index is 14.5. The molecule has 5 N–H and O–H groups in total. The average molecular weight is 716 g/mol. The van der Waals surface area contributed by atoms with Gasteiger partial charge in [0.2, 0.25) is 0 Å². The number of allylic oxidation sites excluding steroid dienone is 1. The summed E-state index contributed by atoms with van der Waals surface area (Å²) in [6.45, 7) is 18.4. The number of nitrogen functional groups attached to an aromatic ring is 1. The second kappa shape index (κ2) is 13.6. The summed E-state index contributed by atoms with van der Waals surface area (Å²) in [4.78, 5) is 16.0. The van der Waals surface area contributed by atoms with Gasteiger partial charge in [-0.05, 0) is 90.1 Å². The molecule has 0 spiro atoms. The highest BCUT2D eigenvalue weighted by molar-refractivity contribution is 5.75. The molecule has 1 saturated heterocycles. The van der Waals surface area contributed by atoms with Gasteiger partial charge < -0.3 is 35.3 Å². The number of carbonyl (C=O) groups excluding carboxylic acids is 1. The van der Waals surface area contributed by atoms with Crippen molar-refractivity contribution in [2.24, 2.45) is 56.7 Å². The quantitative estimate of drug-likeness (QED) is 0.134. The molecule has 5 aliphatic rings. The van der Waals surface area contributed by atoms with E-state index in [2.05, 4.69) is 76.9 Å². The zero-order valence-corrected chi connectivity index (χ0v) is 32.4. The van der Waals surface area contributed by atoms with E-state index in [1.807, 2.05) is 0 Å². The van der Waals surface area contributed by atoms with Crippen molar-refractivity contribution in [3.8, 4) is 0 Å². The predicted molar refractivity (Wildman–Crippen MR) is 192 cm³/mol. The number of esters is 1. The van der Waals surface area contributed by atoms with E-state index in [0.717, 1.165) is 44.9 Å². The Morgan fingerprint density at radius 3 is 2.47 bits per heavy atom. The lowest BCUT2D eigenvalue weighted by Crippen LogP contribution is -2.69. The largest absolute Gasteiger partial charge is 0.465 e. The third kappa shape index (κ3) is 5.79. The summed E-state index contributed by atoms with van der Waals surface area (Å²) in [5, 5.41) is 43.5. The molecule has 1 aromatic heterocycles. The first-order valence-corrected chi connectivity index (χ1v) is 19.6. The molecule has 0 amide bonds. The lowest BCUT2D eigenvalue weighted by Gasteiger charge is -2.71. The van der Waals surface area contributed by atoms with Crippen LogP contribution in [-0.2, 0) is 19.0 Å². The van der Waals surface area contributed by atoms with Crippen LogP contribution in [0, 0.1) is 56.7 Å². The highest BCUT2D eigenvalue weighted by Gasteiger charge is 2.72. The van der Waals surface area contributed by atoms with Gasteiger partial charge in [-0.1, -0.05) is 78.6 Å². The minimum atomic E-state index is -1.79. The summed E-state index contributed by atoms with van der Waals surface area (Å²) in [6.07, 6.45) is 9.22. The van der Waals surface area contributed by atoms with Crippen molar-refractivity contribution in [1.29, 1.82) is 0 Å². The molecule has 12 heteroatoms. The van der Waals surface area contributed by atoms with E-state index in [-0.39, 0.29) is 64.0 Å². The standard InChI is InChI=1S/C39H65N5O7/c1-9-10-17-50-32(47)30-34(5,25(4)24(2)3)15-16-36(7)26-11-12-29-35(6)21-49-23-39(29,27(26)13-14-37(30,36)8)18-28(44-42-33(40)41-43-44)31(35)51-22-38(48,19-45)20-46/h13,24-26,28-31,45-46,48H,9-12,14-23H2,1-8H3,(H2,40,42)/t25-,26+,28-,29+,30-,31+,34-,35+,36-,37+,39+/m1/s1. The Labute approximate surface area is 304 Å². The topological polar surface area (TPSA) is 175 Å². The van der Waals surface area contributed by atoms with Crippen LogP contribution in [0.2, 0.25) is 0 Å². The van der Waals surface area contributed by atoms with Gasteiger partial charge in [0, 0.05) is 10.8 Å². The normalized spacial score (nSPS) is 41.3. The fourth-order valence-corrected chi connectivity index (χ4v) is 12.2. The molecular weight excluding hydrogens is 650 g/mol. The third-order valence-corrected chi connectivity index (χ3v) is 15.7. The molecule has 6 rings (SSSR count). The second-order valence-corrected chi connectivity index (χ2v) is 18.5. The molecule has 2 bridgehead atoms. The van der Waals surface area contributed by atoms with Gasteiger partial charge in [-0.3, -0.25) is 4.79 Å². The second-order valence-electron chi connectivity index (χ2n) is 18.5. The number of unbranched alkanes of at least 4 members (excludes halogenated alkanes) is 1. The van der Waals surface area contributed by atoms with Crippen molar-refractivity contribution < 1.29 is 34.3 Å². The first kappa shape index (κ1) is 38.6. The smallest absolute Gasteiger partial charge is 0.310 e. The Hall–Kier alpha value is -2.12. The van der Waals surface area contributed by atoms with Crippen molar-refractivity contribution in [3.05, 3.63) is 11.6 Å². The van der Waals surface area contributed by atoms with Crippen molar-refractivity contribution in [3.63, 3.8) is 0 Å². The number of aliphatic hydroxyl groups excluding tert-OH is 2. The highest BCUT2D eigenvalue weighted by Crippen LogP contribution is 2.75. The van der Waals surface area contributed by atoms with Gasteiger partial charge in [0.05, 0.1) is 51.7 Å². The van der Waals surface area contributed by atoms with E-state index in [4.69, 9.17) is 19.9 Å². The minimum Gasteiger partial charge on any atom is -0.465 e. The number of hydrogen-bond acceptors (Lipinski definition) is 11. The van der Waals surface area contributed by atoms with Gasteiger partial charge in [0.15, 0.2) is 0 Å². The first-order valence-electron chi connectivity index (χ1n) is 19.6. The van der Waals surface area contributed by atoms with Crippen molar-refractivity contribution >= 4 is 11.9 Å². The summed E-state index contributed by atoms with van der Waals surface area (Å²) >= 11 is 0. The van der Waals surface area contributed by atoms with E-state index in [9.17, 15) is 20.1 Å². The summed E-state index contributed by atoms with van der Waals surface area (Å²) in [5.74, 6) is 1.07. The van der Waals surface area contributed by atoms with Crippen LogP contribution >= 0.6 is 0 Å². The van der Waals surface area contributed by atoms with Gasteiger partial charge in [0.25, 0.3) is 5.95 Å². The van der Waals surface area contributed by atoms with Crippen LogP contribution < -0.4 is 5.73 Å². The molecule has 51 heavy (non-hydrogen) atoms. The van der Waals surface area contributed by atoms with Crippen LogP contribution in [0.4, 0.5) is 5.95 Å². The number of tetrazole rings is 1. The molecule has 4 fully saturated rings. The number of hydrogen-bond donors (Lipinski definition) is 4. The number of rotatable bonds is 12. The Bertz CT molecular complexity index is 1460. The number of nitrogens with zero attached hydrogens (tertiary/aromatic N) is 4. The Balaban J connectivity index is 1.44. The number of nitrogens with two attached hydrogens (primary N) is 1. The van der Waals surface area contributed by atoms with Crippen LogP contribution in [-0.4, -0.2) is 92.8 Å². The number of fused-ring (bicyclic) bond motifs is 3. The van der Waals surface area contributed by atoms with Crippen molar-refractivity contribution in [2.75, 3.05) is 45.4 Å². The Morgan fingerprint density at radius 2 is 1.84 bits per heavy atom. The van der Waals surface area contributed by atoms with E-state index >= 15 is 0 Å². The average Bonchev–Trinajstić information content (AvgIpc) is 3.53. The maximum atomic E-state index is 14.5. The SMILES string of the molecule is CCCCOC(=O)[C@@H]1[C@@](C)([C@H](C)C(C)C)CC[C@]2(C)[C@H]3CC[C@@H]4[C@@]5(COC[C@]4(C)[C@@H](OCC(O)(CO)CO)[C@H](n4nnc(N)n4)C5)C3=CC[C@@]12C. The predicted octanol–water partition coefficient (Wildman–Crippen LogP) is 4.74. The van der Waals surface area contributed by atoms with Crippen LogP contribution in [0.15, 0.2) is 11.6 Å². The summed E-state index contributed by atoms with van der Waals surface area (Å²) in [6, 6.07) is -0.384. The number of ether oxygens (including phenoxy) is 3. The fraction of sp³-hybridized carbons (Fsp3) is 0.897. The van der Waals surface area contributed by atoms with Crippen LogP contribution in [0.3, 0.4) is 0 Å². The van der Waals surface area contributed by atoms with Crippen LogP contribution in [0.5, 0.6) is 0 Å². The van der Waals surface area contributed by atoms with Crippen LogP contribution in [0.1, 0.15) is 113 Å². The molecule has 0 radical (unpaired) electrons. The van der Waals surface area contributed by atoms with E-state index < -0.39 is 30.3 Å². The molecule has 1 aromatic rings. The molecule has 1 aliphatic heterocycles. The third-order valence-electron chi connectivity index (χ3n) is 15.7. The number of anilines is 1. The van der Waals surface area contributed by atoms with Crippen molar-refractivity contribution in [2.45, 2.75) is 125 Å². The number of aliphatic hydroxyl groups is 3. The number of carbonyl (C=O) groups is 1. The Kier molecular flexibility index (Phi) is 10.3. The minimum absolute atomic E-state index is 0.0255. The van der Waals surface area contributed by atoms with Gasteiger partial charge in [-0.15, -0.1) is 5.10 Å². The van der Waals surface area contributed by atoms with Gasteiger partial charge >= 0.3 is 5.97 Å². The van der Waals surface area contributed by atoms with Gasteiger partial charge in [0.1, 0.15) is 11.6 Å². The van der Waals surface area contributed by atoms with Gasteiger partial charge in [-0.2, -0.15) is 4.80 Å². The summed E-state index contributed by atoms with van der Waals surface area (Å²) < 4.78 is 19.3. The summed E-state index contributed by atoms with van der Waals surface area (Å²) in [5.41, 5.74) is 4.18. The maximum Gasteiger partial charge on any atom is 0.310 e.